The summed E-state index contributed by atoms with van der Waals surface area (Å²) in [6.45, 7) is 6.26. The molecule has 7 nitrogen and oxygen atoms in total. The molecule has 0 aromatic carbocycles. The first-order chi connectivity index (χ1) is 9.61. The predicted octanol–water partition coefficient (Wildman–Crippen LogP) is 1.37. The Kier molecular flexibility index (Phi) is 2.89. The summed E-state index contributed by atoms with van der Waals surface area (Å²) >= 11 is 0. The van der Waals surface area contributed by atoms with Crippen molar-refractivity contribution >= 4 is 11.7 Å². The number of nitrogens with zero attached hydrogens (tertiary/aromatic N) is 5. The minimum absolute atomic E-state index is 0.0189. The summed E-state index contributed by atoms with van der Waals surface area (Å²) in [6, 6.07) is -0.272. The van der Waals surface area contributed by atoms with Gasteiger partial charge in [-0.25, -0.2) is 4.68 Å². The second-order valence-electron chi connectivity index (χ2n) is 4.78. The number of allylic oxidation sites excluding steroid dienone is 2. The van der Waals surface area contributed by atoms with Crippen LogP contribution < -0.4 is 5.32 Å². The molecular formula is C13H16N6O. The van der Waals surface area contributed by atoms with Crippen molar-refractivity contribution in [3.8, 4) is 0 Å². The highest BCUT2D eigenvalue weighted by molar-refractivity contribution is 5.96. The Morgan fingerprint density at radius 1 is 1.45 bits per heavy atom. The molecule has 1 aliphatic rings. The van der Waals surface area contributed by atoms with Gasteiger partial charge in [-0.15, -0.1) is 0 Å². The van der Waals surface area contributed by atoms with Crippen LogP contribution in [0.25, 0.3) is 0 Å². The molecule has 2 aromatic heterocycles. The summed E-state index contributed by atoms with van der Waals surface area (Å²) in [6.07, 6.45) is 5.20. The first kappa shape index (κ1) is 12.6. The van der Waals surface area contributed by atoms with Gasteiger partial charge in [-0.3, -0.25) is 9.48 Å². The maximum atomic E-state index is 12.0. The van der Waals surface area contributed by atoms with Gasteiger partial charge in [0.2, 0.25) is 5.95 Å². The molecule has 0 amide bonds. The maximum absolute atomic E-state index is 12.0. The number of aryl methyl sites for hydroxylation is 1. The molecule has 3 rings (SSSR count). The van der Waals surface area contributed by atoms with Crippen molar-refractivity contribution in [3.05, 3.63) is 35.6 Å². The lowest BCUT2D eigenvalue weighted by Crippen LogP contribution is -2.27. The van der Waals surface area contributed by atoms with Gasteiger partial charge in [0.1, 0.15) is 12.4 Å². The fourth-order valence-corrected chi connectivity index (χ4v) is 2.55. The Morgan fingerprint density at radius 2 is 2.25 bits per heavy atom. The molecule has 1 aliphatic heterocycles. The van der Waals surface area contributed by atoms with Crippen LogP contribution in [0.4, 0.5) is 5.95 Å². The summed E-state index contributed by atoms with van der Waals surface area (Å²) in [4.78, 5) is 16.2. The summed E-state index contributed by atoms with van der Waals surface area (Å²) in [7, 11) is 0. The molecule has 2 aromatic rings. The number of carbonyl (C=O) groups is 1. The van der Waals surface area contributed by atoms with E-state index in [9.17, 15) is 4.79 Å². The molecule has 1 N–H and O–H groups in total. The molecule has 0 unspecified atom stereocenters. The Morgan fingerprint density at radius 3 is 2.90 bits per heavy atom. The van der Waals surface area contributed by atoms with Crippen molar-refractivity contribution in [2.24, 2.45) is 0 Å². The zero-order chi connectivity index (χ0) is 14.3. The SMILES string of the molecule is CCn1cc([C@@H]2C(C(C)=O)=C(C)Nc3ncnn32)cn1. The van der Waals surface area contributed by atoms with Crippen LogP contribution in [0.3, 0.4) is 0 Å². The number of anilines is 1. The van der Waals surface area contributed by atoms with Crippen LogP contribution in [-0.4, -0.2) is 30.3 Å². The summed E-state index contributed by atoms with van der Waals surface area (Å²) in [5.74, 6) is 0.659. The summed E-state index contributed by atoms with van der Waals surface area (Å²) < 4.78 is 3.56. The van der Waals surface area contributed by atoms with Gasteiger partial charge in [0.15, 0.2) is 5.78 Å². The van der Waals surface area contributed by atoms with Gasteiger partial charge >= 0.3 is 0 Å². The van der Waals surface area contributed by atoms with E-state index in [-0.39, 0.29) is 11.8 Å². The van der Waals surface area contributed by atoms with E-state index in [0.29, 0.717) is 11.5 Å². The molecule has 3 heterocycles. The van der Waals surface area contributed by atoms with E-state index >= 15 is 0 Å². The lowest BCUT2D eigenvalue weighted by molar-refractivity contribution is -0.114. The minimum Gasteiger partial charge on any atom is -0.328 e. The highest BCUT2D eigenvalue weighted by atomic mass is 16.1. The number of fused-ring (bicyclic) bond motifs is 1. The fraction of sp³-hybridized carbons (Fsp3) is 0.385. The third kappa shape index (κ3) is 1.82. The Bertz CT molecular complexity index is 695. The first-order valence-corrected chi connectivity index (χ1v) is 6.52. The van der Waals surface area contributed by atoms with Crippen molar-refractivity contribution in [1.29, 1.82) is 0 Å². The smallest absolute Gasteiger partial charge is 0.226 e. The third-order valence-electron chi connectivity index (χ3n) is 3.47. The van der Waals surface area contributed by atoms with Crippen LogP contribution in [-0.2, 0) is 11.3 Å². The van der Waals surface area contributed by atoms with E-state index in [0.717, 1.165) is 17.8 Å². The summed E-state index contributed by atoms with van der Waals surface area (Å²) in [5.41, 5.74) is 2.44. The topological polar surface area (TPSA) is 77.6 Å². The van der Waals surface area contributed by atoms with Crippen LogP contribution in [0.15, 0.2) is 30.0 Å². The van der Waals surface area contributed by atoms with Crippen molar-refractivity contribution in [2.45, 2.75) is 33.4 Å². The standard InChI is InChI=1S/C13H16N6O/c1-4-18-6-10(5-15-18)12-11(9(3)20)8(2)17-13-14-7-16-19(12)13/h5-7,12H,4H2,1-3H3,(H,14,16,17)/t12-/m1/s1. The van der Waals surface area contributed by atoms with E-state index in [1.54, 1.807) is 17.8 Å². The molecule has 1 atom stereocenters. The number of hydrogen-bond donors (Lipinski definition) is 1. The zero-order valence-electron chi connectivity index (χ0n) is 11.7. The molecule has 0 saturated carbocycles. The van der Waals surface area contributed by atoms with E-state index in [1.165, 1.54) is 6.33 Å². The molecule has 0 fully saturated rings. The monoisotopic (exact) mass is 272 g/mol. The van der Waals surface area contributed by atoms with Crippen molar-refractivity contribution in [1.82, 2.24) is 24.5 Å². The molecule has 0 spiro atoms. The first-order valence-electron chi connectivity index (χ1n) is 6.52. The van der Waals surface area contributed by atoms with Gasteiger partial charge in [0.25, 0.3) is 0 Å². The molecule has 0 saturated heterocycles. The van der Waals surface area contributed by atoms with E-state index < -0.39 is 0 Å². The third-order valence-corrected chi connectivity index (χ3v) is 3.47. The van der Waals surface area contributed by atoms with Crippen LogP contribution in [0.5, 0.6) is 0 Å². The Balaban J connectivity index is 2.16. The van der Waals surface area contributed by atoms with Crippen molar-refractivity contribution in [3.63, 3.8) is 0 Å². The molecule has 20 heavy (non-hydrogen) atoms. The fourth-order valence-electron chi connectivity index (χ4n) is 2.55. The van der Waals surface area contributed by atoms with Gasteiger partial charge in [0.05, 0.1) is 6.20 Å². The number of nitrogens with one attached hydrogen (secondary N) is 1. The van der Waals surface area contributed by atoms with E-state index in [4.69, 9.17) is 0 Å². The molecule has 0 aliphatic carbocycles. The van der Waals surface area contributed by atoms with Gasteiger partial charge in [-0.1, -0.05) is 0 Å². The van der Waals surface area contributed by atoms with Crippen molar-refractivity contribution in [2.75, 3.05) is 5.32 Å². The van der Waals surface area contributed by atoms with Crippen molar-refractivity contribution < 1.29 is 4.79 Å². The molecular weight excluding hydrogens is 256 g/mol. The average Bonchev–Trinajstić information content (AvgIpc) is 3.04. The van der Waals surface area contributed by atoms with Gasteiger partial charge in [-0.05, 0) is 20.8 Å². The van der Waals surface area contributed by atoms with Crippen LogP contribution in [0, 0.1) is 0 Å². The predicted molar refractivity (Wildman–Crippen MR) is 73.1 cm³/mol. The van der Waals surface area contributed by atoms with Gasteiger partial charge in [-0.2, -0.15) is 15.2 Å². The number of rotatable bonds is 3. The maximum Gasteiger partial charge on any atom is 0.226 e. The zero-order valence-corrected chi connectivity index (χ0v) is 11.7. The molecule has 0 radical (unpaired) electrons. The van der Waals surface area contributed by atoms with Crippen LogP contribution >= 0.6 is 0 Å². The van der Waals surface area contributed by atoms with Gasteiger partial charge in [0, 0.05) is 29.6 Å². The summed E-state index contributed by atoms with van der Waals surface area (Å²) in [5, 5.41) is 11.6. The van der Waals surface area contributed by atoms with Crippen LogP contribution in [0.1, 0.15) is 32.4 Å². The lowest BCUT2D eigenvalue weighted by Gasteiger charge is -2.26. The molecule has 7 heteroatoms. The van der Waals surface area contributed by atoms with E-state index in [2.05, 4.69) is 20.5 Å². The number of aromatic nitrogens is 5. The number of carbonyl (C=O) groups excluding carboxylic acids is 1. The van der Waals surface area contributed by atoms with Gasteiger partial charge < -0.3 is 5.32 Å². The minimum atomic E-state index is -0.272. The Labute approximate surface area is 116 Å². The number of Topliss-reactive ketones (excluding diaryl/α,β-unsaturated/α-hetero) is 1. The number of hydrogen-bond acceptors (Lipinski definition) is 5. The average molecular weight is 272 g/mol. The number of ketones is 1. The second kappa shape index (κ2) is 4.59. The highest BCUT2D eigenvalue weighted by Crippen LogP contribution is 2.34. The van der Waals surface area contributed by atoms with E-state index in [1.807, 2.05) is 24.7 Å². The second-order valence-corrected chi connectivity index (χ2v) is 4.78. The molecule has 0 bridgehead atoms. The van der Waals surface area contributed by atoms with Crippen LogP contribution in [0.2, 0.25) is 0 Å². The highest BCUT2D eigenvalue weighted by Gasteiger charge is 2.32. The lowest BCUT2D eigenvalue weighted by atomic mass is 9.95. The normalized spacial score (nSPS) is 17.9. The molecule has 104 valence electrons. The largest absolute Gasteiger partial charge is 0.328 e. The quantitative estimate of drug-likeness (QED) is 0.913. The Hall–Kier alpha value is -2.44.